The second-order valence-corrected chi connectivity index (χ2v) is 5.45. The van der Waals surface area contributed by atoms with E-state index in [4.69, 9.17) is 0 Å². The van der Waals surface area contributed by atoms with Crippen molar-refractivity contribution >= 4 is 11.3 Å². The van der Waals surface area contributed by atoms with Gasteiger partial charge in [0.05, 0.1) is 5.69 Å². The third kappa shape index (κ3) is 2.79. The van der Waals surface area contributed by atoms with Crippen molar-refractivity contribution in [3.05, 3.63) is 15.6 Å². The van der Waals surface area contributed by atoms with Gasteiger partial charge in [-0.2, -0.15) is 0 Å². The molecule has 1 aliphatic carbocycles. The van der Waals surface area contributed by atoms with Gasteiger partial charge < -0.3 is 5.32 Å². The van der Waals surface area contributed by atoms with Gasteiger partial charge in [0.15, 0.2) is 0 Å². The Labute approximate surface area is 89.8 Å². The molecule has 3 heteroatoms. The van der Waals surface area contributed by atoms with Gasteiger partial charge in [-0.05, 0) is 32.7 Å². The van der Waals surface area contributed by atoms with Gasteiger partial charge in [0.2, 0.25) is 0 Å². The summed E-state index contributed by atoms with van der Waals surface area (Å²) in [6, 6.07) is 0. The first-order valence-corrected chi connectivity index (χ1v) is 6.21. The molecule has 1 heterocycles. The van der Waals surface area contributed by atoms with Crippen LogP contribution in [-0.2, 0) is 6.54 Å². The standard InChI is InChI=1S/C11H18N2S/c1-8-9(2)14-11(13-8)7-12-6-5-10-3-4-10/h10,12H,3-7H2,1-2H3. The lowest BCUT2D eigenvalue weighted by atomic mass is 10.3. The Morgan fingerprint density at radius 3 is 2.79 bits per heavy atom. The highest BCUT2D eigenvalue weighted by molar-refractivity contribution is 7.11. The van der Waals surface area contributed by atoms with Crippen LogP contribution in [0.4, 0.5) is 0 Å². The molecular weight excluding hydrogens is 192 g/mol. The van der Waals surface area contributed by atoms with Gasteiger partial charge in [0.25, 0.3) is 0 Å². The number of hydrogen-bond donors (Lipinski definition) is 1. The molecule has 1 aliphatic rings. The number of thiazole rings is 1. The second-order valence-electron chi connectivity index (χ2n) is 4.16. The van der Waals surface area contributed by atoms with E-state index in [2.05, 4.69) is 24.1 Å². The van der Waals surface area contributed by atoms with Crippen LogP contribution in [0.25, 0.3) is 0 Å². The largest absolute Gasteiger partial charge is 0.310 e. The molecule has 1 fully saturated rings. The minimum atomic E-state index is 0.950. The average molecular weight is 210 g/mol. The molecule has 1 aromatic heterocycles. The van der Waals surface area contributed by atoms with E-state index in [0.717, 1.165) is 19.0 Å². The smallest absolute Gasteiger partial charge is 0.107 e. The van der Waals surface area contributed by atoms with Crippen molar-refractivity contribution in [3.8, 4) is 0 Å². The van der Waals surface area contributed by atoms with Crippen LogP contribution in [-0.4, -0.2) is 11.5 Å². The summed E-state index contributed by atoms with van der Waals surface area (Å²) in [5.74, 6) is 1.03. The molecule has 14 heavy (non-hydrogen) atoms. The van der Waals surface area contributed by atoms with Crippen LogP contribution in [0.2, 0.25) is 0 Å². The summed E-state index contributed by atoms with van der Waals surface area (Å²) in [6.45, 7) is 6.33. The van der Waals surface area contributed by atoms with Crippen LogP contribution in [0.5, 0.6) is 0 Å². The third-order valence-electron chi connectivity index (χ3n) is 2.78. The molecule has 0 aliphatic heterocycles. The van der Waals surface area contributed by atoms with Crippen LogP contribution >= 0.6 is 11.3 Å². The number of aryl methyl sites for hydroxylation is 2. The Bertz CT molecular complexity index is 283. The predicted molar refractivity (Wildman–Crippen MR) is 60.6 cm³/mol. The summed E-state index contributed by atoms with van der Waals surface area (Å²) < 4.78 is 0. The van der Waals surface area contributed by atoms with E-state index in [1.165, 1.54) is 34.8 Å². The van der Waals surface area contributed by atoms with Crippen LogP contribution in [0.15, 0.2) is 0 Å². The minimum absolute atomic E-state index is 0.950. The van der Waals surface area contributed by atoms with E-state index in [9.17, 15) is 0 Å². The van der Waals surface area contributed by atoms with Crippen molar-refractivity contribution in [2.75, 3.05) is 6.54 Å². The molecular formula is C11H18N2S. The summed E-state index contributed by atoms with van der Waals surface area (Å²) in [7, 11) is 0. The number of nitrogens with zero attached hydrogens (tertiary/aromatic N) is 1. The summed E-state index contributed by atoms with van der Waals surface area (Å²) in [5.41, 5.74) is 1.19. The highest BCUT2D eigenvalue weighted by Gasteiger charge is 2.19. The summed E-state index contributed by atoms with van der Waals surface area (Å²) >= 11 is 1.82. The van der Waals surface area contributed by atoms with Crippen molar-refractivity contribution < 1.29 is 0 Å². The van der Waals surface area contributed by atoms with Crippen molar-refractivity contribution in [1.29, 1.82) is 0 Å². The molecule has 1 saturated carbocycles. The summed E-state index contributed by atoms with van der Waals surface area (Å²) in [5, 5.41) is 4.69. The Morgan fingerprint density at radius 2 is 2.21 bits per heavy atom. The molecule has 78 valence electrons. The quantitative estimate of drug-likeness (QED) is 0.756. The Kier molecular flexibility index (Phi) is 3.19. The van der Waals surface area contributed by atoms with E-state index >= 15 is 0 Å². The lowest BCUT2D eigenvalue weighted by Gasteiger charge is -2.00. The van der Waals surface area contributed by atoms with Crippen LogP contribution in [0, 0.1) is 19.8 Å². The number of rotatable bonds is 5. The topological polar surface area (TPSA) is 24.9 Å². The molecule has 0 saturated heterocycles. The fraction of sp³-hybridized carbons (Fsp3) is 0.727. The summed E-state index contributed by atoms with van der Waals surface area (Å²) in [6.07, 6.45) is 4.26. The highest BCUT2D eigenvalue weighted by atomic mass is 32.1. The average Bonchev–Trinajstić information content (AvgIpc) is 2.90. The molecule has 2 rings (SSSR count). The zero-order chi connectivity index (χ0) is 9.97. The number of aromatic nitrogens is 1. The van der Waals surface area contributed by atoms with Crippen LogP contribution < -0.4 is 5.32 Å². The van der Waals surface area contributed by atoms with Gasteiger partial charge in [0, 0.05) is 11.4 Å². The highest BCUT2D eigenvalue weighted by Crippen LogP contribution is 2.31. The van der Waals surface area contributed by atoms with Crippen LogP contribution in [0.3, 0.4) is 0 Å². The normalized spacial score (nSPS) is 16.1. The third-order valence-corrected chi connectivity index (χ3v) is 3.85. The van der Waals surface area contributed by atoms with Gasteiger partial charge in [-0.15, -0.1) is 11.3 Å². The molecule has 0 aromatic carbocycles. The van der Waals surface area contributed by atoms with Crippen LogP contribution in [0.1, 0.15) is 34.8 Å². The maximum Gasteiger partial charge on any atom is 0.107 e. The first-order chi connectivity index (χ1) is 6.75. The maximum atomic E-state index is 4.50. The predicted octanol–water partition coefficient (Wildman–Crippen LogP) is 2.65. The molecule has 0 bridgehead atoms. The molecule has 0 unspecified atom stereocenters. The first kappa shape index (κ1) is 10.1. The summed E-state index contributed by atoms with van der Waals surface area (Å²) in [4.78, 5) is 5.85. The molecule has 0 spiro atoms. The molecule has 2 nitrogen and oxygen atoms in total. The number of nitrogens with one attached hydrogen (secondary N) is 1. The van der Waals surface area contributed by atoms with Gasteiger partial charge in [-0.3, -0.25) is 0 Å². The molecule has 0 amide bonds. The zero-order valence-corrected chi connectivity index (χ0v) is 9.78. The molecule has 0 atom stereocenters. The Balaban J connectivity index is 1.68. The monoisotopic (exact) mass is 210 g/mol. The van der Waals surface area contributed by atoms with E-state index < -0.39 is 0 Å². The zero-order valence-electron chi connectivity index (χ0n) is 8.97. The lowest BCUT2D eigenvalue weighted by Crippen LogP contribution is -2.14. The molecule has 1 aromatic rings. The van der Waals surface area contributed by atoms with E-state index in [1.54, 1.807) is 0 Å². The molecule has 0 radical (unpaired) electrons. The van der Waals surface area contributed by atoms with Crippen molar-refractivity contribution in [1.82, 2.24) is 10.3 Å². The van der Waals surface area contributed by atoms with E-state index in [1.807, 2.05) is 11.3 Å². The fourth-order valence-electron chi connectivity index (χ4n) is 1.52. The SMILES string of the molecule is Cc1nc(CNCCC2CC2)sc1C. The van der Waals surface area contributed by atoms with E-state index in [0.29, 0.717) is 0 Å². The van der Waals surface area contributed by atoms with Gasteiger partial charge in [-0.1, -0.05) is 12.8 Å². The maximum absolute atomic E-state index is 4.50. The number of hydrogen-bond acceptors (Lipinski definition) is 3. The van der Waals surface area contributed by atoms with Crippen molar-refractivity contribution in [2.45, 2.75) is 39.7 Å². The Hall–Kier alpha value is -0.410. The van der Waals surface area contributed by atoms with Gasteiger partial charge in [-0.25, -0.2) is 4.98 Å². The van der Waals surface area contributed by atoms with Gasteiger partial charge >= 0.3 is 0 Å². The lowest BCUT2D eigenvalue weighted by molar-refractivity contribution is 0.611. The van der Waals surface area contributed by atoms with E-state index in [-0.39, 0.29) is 0 Å². The fourth-order valence-corrected chi connectivity index (χ4v) is 2.43. The Morgan fingerprint density at radius 1 is 1.43 bits per heavy atom. The van der Waals surface area contributed by atoms with Gasteiger partial charge in [0.1, 0.15) is 5.01 Å². The van der Waals surface area contributed by atoms with Crippen molar-refractivity contribution in [3.63, 3.8) is 0 Å². The first-order valence-electron chi connectivity index (χ1n) is 5.39. The molecule has 1 N–H and O–H groups in total. The minimum Gasteiger partial charge on any atom is -0.310 e. The van der Waals surface area contributed by atoms with Crippen molar-refractivity contribution in [2.24, 2.45) is 5.92 Å². The second kappa shape index (κ2) is 4.41.